The second kappa shape index (κ2) is 1.78. The predicted molar refractivity (Wildman–Crippen MR) is 46.7 cm³/mol. The van der Waals surface area contributed by atoms with Gasteiger partial charge in [0, 0.05) is 11.8 Å². The molecule has 3 aliphatic carbocycles. The minimum Gasteiger partial charge on any atom is -0.299 e. The second-order valence-corrected chi connectivity index (χ2v) is 5.25. The van der Waals surface area contributed by atoms with Gasteiger partial charge in [-0.1, -0.05) is 6.92 Å². The summed E-state index contributed by atoms with van der Waals surface area (Å²) >= 11 is 0. The van der Waals surface area contributed by atoms with Crippen LogP contribution in [0.2, 0.25) is 0 Å². The first-order chi connectivity index (χ1) is 5.69. The third kappa shape index (κ3) is 0.541. The first-order valence-corrected chi connectivity index (χ1v) is 5.22. The van der Waals surface area contributed by atoms with Gasteiger partial charge in [-0.3, -0.25) is 4.79 Å². The van der Waals surface area contributed by atoms with Crippen LogP contribution < -0.4 is 0 Å². The molecule has 12 heavy (non-hydrogen) atoms. The van der Waals surface area contributed by atoms with E-state index in [1.54, 1.807) is 0 Å². The van der Waals surface area contributed by atoms with Crippen molar-refractivity contribution >= 4 is 5.78 Å². The molecule has 3 aliphatic rings. The van der Waals surface area contributed by atoms with Gasteiger partial charge >= 0.3 is 0 Å². The van der Waals surface area contributed by atoms with E-state index in [0.29, 0.717) is 11.2 Å². The summed E-state index contributed by atoms with van der Waals surface area (Å²) < 4.78 is 0. The number of Topliss-reactive ketones (excluding diaryl/α,β-unsaturated/α-hetero) is 1. The molecular weight excluding hydrogens is 148 g/mol. The Morgan fingerprint density at radius 3 is 2.92 bits per heavy atom. The number of rotatable bonds is 0. The zero-order chi connectivity index (χ0) is 8.40. The highest BCUT2D eigenvalue weighted by Gasteiger charge is 2.72. The Morgan fingerprint density at radius 2 is 2.25 bits per heavy atom. The normalized spacial score (nSPS) is 56.4. The molecule has 0 aromatic heterocycles. The first kappa shape index (κ1) is 7.11. The van der Waals surface area contributed by atoms with E-state index in [2.05, 4.69) is 6.92 Å². The van der Waals surface area contributed by atoms with Gasteiger partial charge in [-0.15, -0.1) is 0 Å². The van der Waals surface area contributed by atoms with Crippen LogP contribution in [0.3, 0.4) is 0 Å². The molecule has 1 heteroatoms. The molecule has 0 N–H and O–H groups in total. The molecule has 0 radical (unpaired) electrons. The topological polar surface area (TPSA) is 17.1 Å². The molecule has 0 aromatic carbocycles. The molecule has 0 bridgehead atoms. The van der Waals surface area contributed by atoms with Gasteiger partial charge in [0.05, 0.1) is 0 Å². The minimum atomic E-state index is 0.214. The Morgan fingerprint density at radius 1 is 1.42 bits per heavy atom. The van der Waals surface area contributed by atoms with Gasteiger partial charge in [0.25, 0.3) is 0 Å². The third-order valence-corrected chi connectivity index (χ3v) is 4.86. The molecule has 0 saturated heterocycles. The Kier molecular flexibility index (Phi) is 1.06. The standard InChI is InChI=1S/C11H16O/c1-10-5-2-3-9(12)11(10)7-8(11)4-6-10/h8H,2-7H2,1H3/t8-,10-,11-/m1/s1. The Labute approximate surface area is 73.5 Å². The molecule has 0 amide bonds. The molecule has 0 aliphatic heterocycles. The van der Waals surface area contributed by atoms with Crippen molar-refractivity contribution < 1.29 is 4.79 Å². The van der Waals surface area contributed by atoms with Crippen molar-refractivity contribution in [2.75, 3.05) is 0 Å². The van der Waals surface area contributed by atoms with Crippen molar-refractivity contribution in [3.63, 3.8) is 0 Å². The summed E-state index contributed by atoms with van der Waals surface area (Å²) in [7, 11) is 0. The fraction of sp³-hybridized carbons (Fsp3) is 0.909. The average molecular weight is 164 g/mol. The van der Waals surface area contributed by atoms with Crippen LogP contribution in [0.4, 0.5) is 0 Å². The second-order valence-electron chi connectivity index (χ2n) is 5.25. The lowest BCUT2D eigenvalue weighted by molar-refractivity contribution is -0.131. The van der Waals surface area contributed by atoms with Crippen molar-refractivity contribution in [2.24, 2.45) is 16.7 Å². The average Bonchev–Trinajstić information content (AvgIpc) is 2.69. The van der Waals surface area contributed by atoms with E-state index >= 15 is 0 Å². The molecule has 0 aromatic rings. The van der Waals surface area contributed by atoms with E-state index in [1.165, 1.54) is 25.7 Å². The lowest BCUT2D eigenvalue weighted by Gasteiger charge is -2.38. The fourth-order valence-corrected chi connectivity index (χ4v) is 4.02. The van der Waals surface area contributed by atoms with Gasteiger partial charge in [0.2, 0.25) is 0 Å². The van der Waals surface area contributed by atoms with Crippen molar-refractivity contribution in [1.82, 2.24) is 0 Å². The van der Waals surface area contributed by atoms with Crippen LogP contribution in [0.15, 0.2) is 0 Å². The molecule has 3 atom stereocenters. The van der Waals surface area contributed by atoms with E-state index in [9.17, 15) is 4.79 Å². The van der Waals surface area contributed by atoms with Gasteiger partial charge in [-0.05, 0) is 43.4 Å². The van der Waals surface area contributed by atoms with Crippen LogP contribution in [0.25, 0.3) is 0 Å². The highest BCUT2D eigenvalue weighted by atomic mass is 16.1. The van der Waals surface area contributed by atoms with Crippen LogP contribution in [0.1, 0.15) is 45.4 Å². The highest BCUT2D eigenvalue weighted by Crippen LogP contribution is 2.75. The van der Waals surface area contributed by atoms with Crippen molar-refractivity contribution in [3.8, 4) is 0 Å². The summed E-state index contributed by atoms with van der Waals surface area (Å²) in [6, 6.07) is 0. The molecule has 0 heterocycles. The van der Waals surface area contributed by atoms with Gasteiger partial charge in [-0.25, -0.2) is 0 Å². The molecule has 3 rings (SSSR count). The molecule has 0 unspecified atom stereocenters. The predicted octanol–water partition coefficient (Wildman–Crippen LogP) is 2.55. The van der Waals surface area contributed by atoms with Crippen LogP contribution in [0, 0.1) is 16.7 Å². The number of hydrogen-bond donors (Lipinski definition) is 0. The smallest absolute Gasteiger partial charge is 0.139 e. The maximum absolute atomic E-state index is 11.8. The van der Waals surface area contributed by atoms with Crippen molar-refractivity contribution in [1.29, 1.82) is 0 Å². The lowest BCUT2D eigenvalue weighted by Crippen LogP contribution is -2.37. The number of carbonyl (C=O) groups excluding carboxylic acids is 1. The fourth-order valence-electron chi connectivity index (χ4n) is 4.02. The maximum Gasteiger partial charge on any atom is 0.139 e. The quantitative estimate of drug-likeness (QED) is 0.537. The largest absolute Gasteiger partial charge is 0.299 e. The molecule has 1 spiro atoms. The summed E-state index contributed by atoms with van der Waals surface area (Å²) in [6.07, 6.45) is 7.25. The number of ketones is 1. The van der Waals surface area contributed by atoms with Gasteiger partial charge in [0.15, 0.2) is 0 Å². The summed E-state index contributed by atoms with van der Waals surface area (Å²) in [4.78, 5) is 11.8. The zero-order valence-corrected chi connectivity index (χ0v) is 7.73. The Bertz CT molecular complexity index is 258. The van der Waals surface area contributed by atoms with E-state index in [1.807, 2.05) is 0 Å². The van der Waals surface area contributed by atoms with E-state index in [0.717, 1.165) is 18.8 Å². The molecule has 1 nitrogen and oxygen atoms in total. The molecule has 66 valence electrons. The van der Waals surface area contributed by atoms with Gasteiger partial charge in [0.1, 0.15) is 5.78 Å². The lowest BCUT2D eigenvalue weighted by atomic mass is 9.65. The molecule has 3 fully saturated rings. The Balaban J connectivity index is 2.06. The summed E-state index contributed by atoms with van der Waals surface area (Å²) in [5, 5.41) is 0. The summed E-state index contributed by atoms with van der Waals surface area (Å²) in [5.74, 6) is 1.41. The third-order valence-electron chi connectivity index (χ3n) is 4.86. The van der Waals surface area contributed by atoms with Crippen molar-refractivity contribution in [2.45, 2.75) is 45.4 Å². The van der Waals surface area contributed by atoms with Gasteiger partial charge in [-0.2, -0.15) is 0 Å². The SMILES string of the molecule is C[C@]12CCCC(=O)[C@]13C[C@H]3CC2. The Hall–Kier alpha value is -0.330. The van der Waals surface area contributed by atoms with Crippen molar-refractivity contribution in [3.05, 3.63) is 0 Å². The summed E-state index contributed by atoms with van der Waals surface area (Å²) in [6.45, 7) is 2.36. The zero-order valence-electron chi connectivity index (χ0n) is 7.73. The van der Waals surface area contributed by atoms with Crippen LogP contribution >= 0.6 is 0 Å². The molecule has 3 saturated carbocycles. The number of carbonyl (C=O) groups is 1. The maximum atomic E-state index is 11.8. The van der Waals surface area contributed by atoms with Crippen LogP contribution in [-0.4, -0.2) is 5.78 Å². The molecular formula is C11H16O. The van der Waals surface area contributed by atoms with Crippen LogP contribution in [-0.2, 0) is 4.79 Å². The van der Waals surface area contributed by atoms with Crippen LogP contribution in [0.5, 0.6) is 0 Å². The first-order valence-electron chi connectivity index (χ1n) is 5.22. The van der Waals surface area contributed by atoms with E-state index in [4.69, 9.17) is 0 Å². The van der Waals surface area contributed by atoms with E-state index < -0.39 is 0 Å². The highest BCUT2D eigenvalue weighted by molar-refractivity contribution is 5.90. The van der Waals surface area contributed by atoms with Gasteiger partial charge < -0.3 is 0 Å². The summed E-state index contributed by atoms with van der Waals surface area (Å²) in [5.41, 5.74) is 0.637. The number of hydrogen-bond acceptors (Lipinski definition) is 1. The monoisotopic (exact) mass is 164 g/mol. The minimum absolute atomic E-state index is 0.214. The van der Waals surface area contributed by atoms with E-state index in [-0.39, 0.29) is 5.41 Å².